The standard InChI is InChI=1S/C20H26N2O6S/c1-12-8-10-22(11-9-12)29(26,27)14-4-2-13(3-5-14)21-19(23)17-15-6-7-16(28-15)18(17)20(24)25/h2-5,12,15-18H,6-11H2,1H3,(H,21,23)(H,24,25)/t15-,16-,17+,18-/m1/s1. The molecule has 9 heteroatoms. The largest absolute Gasteiger partial charge is 0.481 e. The quantitative estimate of drug-likeness (QED) is 0.750. The third kappa shape index (κ3) is 3.78. The topological polar surface area (TPSA) is 113 Å². The van der Waals surface area contributed by atoms with Gasteiger partial charge >= 0.3 is 5.97 Å². The fourth-order valence-corrected chi connectivity index (χ4v) is 6.10. The first kappa shape index (κ1) is 20.3. The molecule has 0 radical (unpaired) electrons. The van der Waals surface area contributed by atoms with Crippen LogP contribution in [-0.4, -0.2) is 55.0 Å². The lowest BCUT2D eigenvalue weighted by molar-refractivity contribution is -0.147. The number of ether oxygens (including phenoxy) is 1. The van der Waals surface area contributed by atoms with Gasteiger partial charge in [-0.15, -0.1) is 0 Å². The first-order valence-electron chi connectivity index (χ1n) is 10.1. The van der Waals surface area contributed by atoms with E-state index in [2.05, 4.69) is 12.2 Å². The molecule has 0 aromatic heterocycles. The molecule has 158 valence electrons. The average molecular weight is 423 g/mol. The highest BCUT2D eigenvalue weighted by Gasteiger charge is 2.55. The number of carboxylic acid groups (broad SMARTS) is 1. The van der Waals surface area contributed by atoms with Crippen LogP contribution in [0.4, 0.5) is 5.69 Å². The number of anilines is 1. The summed E-state index contributed by atoms with van der Waals surface area (Å²) in [4.78, 5) is 24.4. The van der Waals surface area contributed by atoms with E-state index in [1.807, 2.05) is 0 Å². The van der Waals surface area contributed by atoms with E-state index in [-0.39, 0.29) is 11.0 Å². The third-order valence-electron chi connectivity index (χ3n) is 6.36. The molecule has 1 amide bonds. The normalized spacial score (nSPS) is 30.4. The van der Waals surface area contributed by atoms with Crippen LogP contribution in [0.2, 0.25) is 0 Å². The van der Waals surface area contributed by atoms with Crippen molar-refractivity contribution in [2.24, 2.45) is 17.8 Å². The highest BCUT2D eigenvalue weighted by Crippen LogP contribution is 2.44. The molecule has 3 heterocycles. The number of piperidine rings is 1. The number of amides is 1. The van der Waals surface area contributed by atoms with Crippen LogP contribution in [0.25, 0.3) is 0 Å². The molecular formula is C20H26N2O6S. The summed E-state index contributed by atoms with van der Waals surface area (Å²) in [6.07, 6.45) is 2.26. The molecule has 4 atom stereocenters. The zero-order valence-corrected chi connectivity index (χ0v) is 17.1. The summed E-state index contributed by atoms with van der Waals surface area (Å²) in [7, 11) is -3.55. The van der Waals surface area contributed by atoms with Crippen LogP contribution >= 0.6 is 0 Å². The summed E-state index contributed by atoms with van der Waals surface area (Å²) in [5.41, 5.74) is 0.438. The van der Waals surface area contributed by atoms with Crippen molar-refractivity contribution in [3.63, 3.8) is 0 Å². The Morgan fingerprint density at radius 1 is 1.03 bits per heavy atom. The van der Waals surface area contributed by atoms with E-state index in [0.717, 1.165) is 12.8 Å². The van der Waals surface area contributed by atoms with E-state index in [4.69, 9.17) is 4.74 Å². The van der Waals surface area contributed by atoms with Gasteiger partial charge in [0.15, 0.2) is 0 Å². The fourth-order valence-electron chi connectivity index (χ4n) is 4.63. The number of hydrogen-bond acceptors (Lipinski definition) is 5. The van der Waals surface area contributed by atoms with Crippen molar-refractivity contribution < 1.29 is 27.9 Å². The number of hydrogen-bond donors (Lipinski definition) is 2. The van der Waals surface area contributed by atoms with E-state index in [1.165, 1.54) is 16.4 Å². The van der Waals surface area contributed by atoms with Crippen molar-refractivity contribution in [3.8, 4) is 0 Å². The maximum atomic E-state index is 12.8. The minimum absolute atomic E-state index is 0.191. The molecule has 8 nitrogen and oxygen atoms in total. The van der Waals surface area contributed by atoms with Crippen LogP contribution in [0.1, 0.15) is 32.6 Å². The Morgan fingerprint density at radius 2 is 1.62 bits per heavy atom. The third-order valence-corrected chi connectivity index (χ3v) is 8.28. The number of carboxylic acids is 1. The lowest BCUT2D eigenvalue weighted by Crippen LogP contribution is -2.41. The van der Waals surface area contributed by atoms with Gasteiger partial charge in [-0.05, 0) is 55.9 Å². The van der Waals surface area contributed by atoms with Gasteiger partial charge in [0, 0.05) is 18.8 Å². The number of nitrogens with one attached hydrogen (secondary N) is 1. The zero-order chi connectivity index (χ0) is 20.8. The lowest BCUT2D eigenvalue weighted by atomic mass is 9.78. The van der Waals surface area contributed by atoms with Gasteiger partial charge in [0.25, 0.3) is 0 Å². The number of benzene rings is 1. The molecule has 0 unspecified atom stereocenters. The Kier molecular flexibility index (Phi) is 5.39. The second-order valence-electron chi connectivity index (χ2n) is 8.28. The number of carbonyl (C=O) groups is 2. The van der Waals surface area contributed by atoms with Crippen molar-refractivity contribution in [2.75, 3.05) is 18.4 Å². The average Bonchev–Trinajstić information content (AvgIpc) is 3.30. The summed E-state index contributed by atoms with van der Waals surface area (Å²) in [5.74, 6) is -2.46. The van der Waals surface area contributed by atoms with Crippen LogP contribution in [0, 0.1) is 17.8 Å². The van der Waals surface area contributed by atoms with Gasteiger partial charge in [-0.3, -0.25) is 9.59 Å². The Hall–Kier alpha value is -1.97. The van der Waals surface area contributed by atoms with Crippen molar-refractivity contribution in [1.29, 1.82) is 0 Å². The van der Waals surface area contributed by atoms with Crippen molar-refractivity contribution in [2.45, 2.75) is 49.7 Å². The smallest absolute Gasteiger partial charge is 0.310 e. The first-order chi connectivity index (χ1) is 13.8. The van der Waals surface area contributed by atoms with Crippen molar-refractivity contribution >= 4 is 27.6 Å². The maximum Gasteiger partial charge on any atom is 0.310 e. The van der Waals surface area contributed by atoms with E-state index < -0.39 is 39.8 Å². The lowest BCUT2D eigenvalue weighted by Gasteiger charge is -2.29. The summed E-state index contributed by atoms with van der Waals surface area (Å²) < 4.78 is 32.7. The molecule has 2 N–H and O–H groups in total. The maximum absolute atomic E-state index is 12.8. The highest BCUT2D eigenvalue weighted by atomic mass is 32.2. The Bertz CT molecular complexity index is 892. The second kappa shape index (κ2) is 7.70. The summed E-state index contributed by atoms with van der Waals surface area (Å²) in [5, 5.41) is 12.2. The summed E-state index contributed by atoms with van der Waals surface area (Å²) in [6.45, 7) is 3.16. The molecule has 1 aromatic rings. The number of fused-ring (bicyclic) bond motifs is 2. The Balaban J connectivity index is 1.44. The highest BCUT2D eigenvalue weighted by molar-refractivity contribution is 7.89. The molecule has 0 spiro atoms. The van der Waals surface area contributed by atoms with Gasteiger partial charge in [0.05, 0.1) is 28.9 Å². The fraction of sp³-hybridized carbons (Fsp3) is 0.600. The van der Waals surface area contributed by atoms with E-state index in [9.17, 15) is 23.1 Å². The van der Waals surface area contributed by atoms with E-state index in [1.54, 1.807) is 12.1 Å². The van der Waals surface area contributed by atoms with Gasteiger partial charge in [-0.1, -0.05) is 6.92 Å². The Morgan fingerprint density at radius 3 is 2.21 bits per heavy atom. The first-order valence-corrected chi connectivity index (χ1v) is 11.5. The summed E-state index contributed by atoms with van der Waals surface area (Å²) in [6, 6.07) is 6.05. The van der Waals surface area contributed by atoms with Crippen LogP contribution in [0.15, 0.2) is 29.2 Å². The minimum atomic E-state index is -3.55. The molecular weight excluding hydrogens is 396 g/mol. The van der Waals surface area contributed by atoms with Crippen molar-refractivity contribution in [1.82, 2.24) is 4.31 Å². The number of nitrogens with zero attached hydrogens (tertiary/aromatic N) is 1. The van der Waals surface area contributed by atoms with E-state index >= 15 is 0 Å². The SMILES string of the molecule is CC1CCN(S(=O)(=O)c2ccc(NC(=O)[C@@H]3[C@H](C(=O)O)[C@H]4CC[C@H]3O4)cc2)CC1. The molecule has 2 bridgehead atoms. The monoisotopic (exact) mass is 422 g/mol. The van der Waals surface area contributed by atoms with Gasteiger partial charge in [-0.2, -0.15) is 4.31 Å². The van der Waals surface area contributed by atoms with Gasteiger partial charge in [0.1, 0.15) is 0 Å². The minimum Gasteiger partial charge on any atom is -0.481 e. The molecule has 0 saturated carbocycles. The van der Waals surface area contributed by atoms with Gasteiger partial charge in [-0.25, -0.2) is 8.42 Å². The van der Waals surface area contributed by atoms with Crippen LogP contribution in [0.3, 0.4) is 0 Å². The molecule has 29 heavy (non-hydrogen) atoms. The predicted octanol–water partition coefficient (Wildman–Crippen LogP) is 1.92. The molecule has 3 fully saturated rings. The molecule has 3 aliphatic rings. The van der Waals surface area contributed by atoms with Crippen LogP contribution in [0.5, 0.6) is 0 Å². The van der Waals surface area contributed by atoms with Crippen LogP contribution in [-0.2, 0) is 24.3 Å². The number of sulfonamides is 1. The number of carbonyl (C=O) groups excluding carboxylic acids is 1. The van der Waals surface area contributed by atoms with Crippen LogP contribution < -0.4 is 5.32 Å². The van der Waals surface area contributed by atoms with E-state index in [0.29, 0.717) is 37.5 Å². The number of rotatable bonds is 5. The molecule has 4 rings (SSSR count). The molecule has 3 aliphatic heterocycles. The summed E-state index contributed by atoms with van der Waals surface area (Å²) >= 11 is 0. The predicted molar refractivity (Wildman–Crippen MR) is 105 cm³/mol. The number of aliphatic carboxylic acids is 1. The zero-order valence-electron chi connectivity index (χ0n) is 16.3. The van der Waals surface area contributed by atoms with Crippen molar-refractivity contribution in [3.05, 3.63) is 24.3 Å². The molecule has 1 aromatic carbocycles. The molecule has 0 aliphatic carbocycles. The Labute approximate surface area is 170 Å². The van der Waals surface area contributed by atoms with Gasteiger partial charge in [0.2, 0.25) is 15.9 Å². The van der Waals surface area contributed by atoms with Gasteiger partial charge < -0.3 is 15.2 Å². The second-order valence-corrected chi connectivity index (χ2v) is 10.2. The molecule has 3 saturated heterocycles.